The molecule has 1 unspecified atom stereocenters. The molecule has 0 radical (unpaired) electrons. The molecule has 0 bridgehead atoms. The van der Waals surface area contributed by atoms with Gasteiger partial charge in [-0.05, 0) is 66.6 Å². The van der Waals surface area contributed by atoms with E-state index in [9.17, 15) is 0 Å². The molecule has 1 saturated heterocycles. The summed E-state index contributed by atoms with van der Waals surface area (Å²) in [7, 11) is 0. The molecule has 28 heavy (non-hydrogen) atoms. The third-order valence-electron chi connectivity index (χ3n) is 5.71. The summed E-state index contributed by atoms with van der Waals surface area (Å²) in [6, 6.07) is 14.2. The summed E-state index contributed by atoms with van der Waals surface area (Å²) in [5, 5.41) is 2.14. The normalized spacial score (nSPS) is 22.4. The summed E-state index contributed by atoms with van der Waals surface area (Å²) >= 11 is 20.5. The molecule has 5 rings (SSSR count). The average molecular weight is 520 g/mol. The van der Waals surface area contributed by atoms with Crippen LogP contribution in [0.4, 0.5) is 0 Å². The smallest absolute Gasteiger partial charge is 0.209 e. The third kappa shape index (κ3) is 3.24. The number of aliphatic imine (C=N–C) groups is 1. The van der Waals surface area contributed by atoms with Gasteiger partial charge in [0.15, 0.2) is 0 Å². The average Bonchev–Trinajstić information content (AvgIpc) is 3.20. The predicted molar refractivity (Wildman–Crippen MR) is 125 cm³/mol. The first kappa shape index (κ1) is 20.7. The summed E-state index contributed by atoms with van der Waals surface area (Å²) in [6.07, 6.45) is 3.37. The largest absolute Gasteiger partial charge is 0.314 e. The van der Waals surface area contributed by atoms with Crippen LogP contribution in [-0.2, 0) is 5.54 Å². The van der Waals surface area contributed by atoms with E-state index >= 15 is 0 Å². The van der Waals surface area contributed by atoms with Crippen LogP contribution in [0.25, 0.3) is 0 Å². The van der Waals surface area contributed by atoms with Gasteiger partial charge in [-0.2, -0.15) is 0 Å². The zero-order chi connectivity index (χ0) is 18.6. The number of fused-ring (bicyclic) bond motifs is 1. The molecule has 3 aliphatic rings. The molecule has 0 aromatic heterocycles. The number of hydrogen-bond acceptors (Lipinski definition) is 4. The van der Waals surface area contributed by atoms with Crippen LogP contribution < -0.4 is 0 Å². The second-order valence-electron chi connectivity index (χ2n) is 7.18. The number of nitrogens with zero attached hydrogens (tertiary/aromatic N) is 3. The van der Waals surface area contributed by atoms with Crippen LogP contribution in [0.2, 0.25) is 15.1 Å². The van der Waals surface area contributed by atoms with E-state index in [1.807, 2.05) is 36.2 Å². The first-order chi connectivity index (χ1) is 13.1. The van der Waals surface area contributed by atoms with Gasteiger partial charge in [0, 0.05) is 5.02 Å². The van der Waals surface area contributed by atoms with Crippen molar-refractivity contribution in [3.8, 4) is 0 Å². The number of hydrogen-bond donors (Lipinski definition) is 0. The van der Waals surface area contributed by atoms with E-state index in [-0.39, 0.29) is 27.9 Å². The van der Waals surface area contributed by atoms with Gasteiger partial charge in [-0.25, -0.2) is 0 Å². The highest BCUT2D eigenvalue weighted by Gasteiger charge is 2.54. The zero-order valence-electron chi connectivity index (χ0n) is 14.9. The second kappa shape index (κ2) is 7.92. The van der Waals surface area contributed by atoms with Gasteiger partial charge in [-0.15, -0.1) is 17.0 Å². The van der Waals surface area contributed by atoms with Gasteiger partial charge in [0.2, 0.25) is 5.96 Å². The molecule has 2 aliphatic heterocycles. The highest BCUT2D eigenvalue weighted by Crippen LogP contribution is 2.57. The molecule has 2 aromatic carbocycles. The number of rotatable bonds is 3. The van der Waals surface area contributed by atoms with E-state index in [4.69, 9.17) is 39.8 Å². The Labute approximate surface area is 194 Å². The Morgan fingerprint density at radius 2 is 1.75 bits per heavy atom. The van der Waals surface area contributed by atoms with Crippen molar-refractivity contribution in [2.24, 2.45) is 4.99 Å². The Balaban J connectivity index is 0.00000192. The molecule has 2 heterocycles. The van der Waals surface area contributed by atoms with Gasteiger partial charge in [0.25, 0.3) is 0 Å². The first-order valence-electron chi connectivity index (χ1n) is 9.08. The first-order valence-corrected chi connectivity index (χ1v) is 11.0. The topological polar surface area (TPSA) is 18.8 Å². The van der Waals surface area contributed by atoms with Crippen molar-refractivity contribution >= 4 is 69.7 Å². The Bertz CT molecular complexity index is 917. The van der Waals surface area contributed by atoms with Crippen LogP contribution in [-0.4, -0.2) is 28.3 Å². The molecule has 2 aromatic rings. The fourth-order valence-electron chi connectivity index (χ4n) is 4.21. The number of benzene rings is 2. The Hall–Kier alpha value is -0.590. The lowest BCUT2D eigenvalue weighted by Crippen LogP contribution is -2.53. The van der Waals surface area contributed by atoms with Gasteiger partial charge in [-0.3, -0.25) is 9.30 Å². The molecule has 1 saturated carbocycles. The summed E-state index contributed by atoms with van der Waals surface area (Å²) in [5.74, 6) is 1.09. The van der Waals surface area contributed by atoms with Crippen LogP contribution >= 0.6 is 63.7 Å². The van der Waals surface area contributed by atoms with Crippen LogP contribution in [0.3, 0.4) is 0 Å². The summed E-state index contributed by atoms with van der Waals surface area (Å²) < 4.78 is 2.33. The molecule has 0 amide bonds. The fraction of sp³-hybridized carbons (Fsp3) is 0.350. The fourth-order valence-corrected chi connectivity index (χ4v) is 5.97. The molecular weight excluding hydrogens is 501 g/mol. The maximum absolute atomic E-state index is 6.38. The summed E-state index contributed by atoms with van der Waals surface area (Å²) in [4.78, 5) is 7.36. The lowest BCUT2D eigenvalue weighted by molar-refractivity contribution is 0.0646. The molecule has 1 atom stereocenters. The highest BCUT2D eigenvalue weighted by molar-refractivity contribution is 8.93. The lowest BCUT2D eigenvalue weighted by atomic mass is 9.70. The maximum atomic E-state index is 6.38. The number of halogens is 4. The minimum Gasteiger partial charge on any atom is -0.314 e. The van der Waals surface area contributed by atoms with Gasteiger partial charge >= 0.3 is 0 Å². The highest BCUT2D eigenvalue weighted by atomic mass is 79.9. The van der Waals surface area contributed by atoms with E-state index in [2.05, 4.69) is 27.4 Å². The van der Waals surface area contributed by atoms with Crippen LogP contribution in [0, 0.1) is 0 Å². The maximum Gasteiger partial charge on any atom is 0.209 e. The molecular formula is C20H19BrCl3N3S. The summed E-state index contributed by atoms with van der Waals surface area (Å²) in [5.41, 5.74) is 2.37. The van der Waals surface area contributed by atoms with Crippen molar-refractivity contribution in [3.05, 3.63) is 68.7 Å². The van der Waals surface area contributed by atoms with Crippen LogP contribution in [0.5, 0.6) is 0 Å². The van der Waals surface area contributed by atoms with Crippen molar-refractivity contribution in [2.75, 3.05) is 13.1 Å². The van der Waals surface area contributed by atoms with Gasteiger partial charge < -0.3 is 4.90 Å². The van der Waals surface area contributed by atoms with Crippen LogP contribution in [0.1, 0.15) is 35.8 Å². The molecule has 3 nitrogen and oxygen atoms in total. The number of guanidine groups is 1. The Kier molecular flexibility index (Phi) is 5.85. The van der Waals surface area contributed by atoms with Crippen molar-refractivity contribution in [3.63, 3.8) is 0 Å². The Morgan fingerprint density at radius 3 is 2.39 bits per heavy atom. The van der Waals surface area contributed by atoms with E-state index in [0.717, 1.165) is 36.9 Å². The van der Waals surface area contributed by atoms with Gasteiger partial charge in [0.05, 0.1) is 28.7 Å². The lowest BCUT2D eigenvalue weighted by Gasteiger charge is -2.51. The predicted octanol–water partition coefficient (Wildman–Crippen LogP) is 6.94. The molecule has 1 aliphatic carbocycles. The third-order valence-corrected chi connectivity index (χ3v) is 7.98. The minimum absolute atomic E-state index is 0. The molecule has 2 fully saturated rings. The van der Waals surface area contributed by atoms with Crippen LogP contribution in [0.15, 0.2) is 47.5 Å². The second-order valence-corrected chi connectivity index (χ2v) is 9.53. The zero-order valence-corrected chi connectivity index (χ0v) is 19.7. The van der Waals surface area contributed by atoms with E-state index in [1.165, 1.54) is 17.5 Å². The van der Waals surface area contributed by atoms with Gasteiger partial charge in [0.1, 0.15) is 5.37 Å². The Morgan fingerprint density at radius 1 is 1.00 bits per heavy atom. The summed E-state index contributed by atoms with van der Waals surface area (Å²) in [6.45, 7) is 1.81. The quantitative estimate of drug-likeness (QED) is 0.410. The van der Waals surface area contributed by atoms with Crippen molar-refractivity contribution < 1.29 is 0 Å². The monoisotopic (exact) mass is 517 g/mol. The standard InChI is InChI=1S/C20H18Cl3N3S.BrH/c21-15-5-2-13(3-6-15)18-26(19-24-10-11-25(19)27-18)20(8-1-9-20)14-4-7-16(22)17(23)12-14;/h2-7,12,18H,1,8-11H2;1H. The minimum atomic E-state index is -0.0938. The van der Waals surface area contributed by atoms with E-state index in [1.54, 1.807) is 0 Å². The van der Waals surface area contributed by atoms with E-state index in [0.29, 0.717) is 10.0 Å². The molecule has 0 N–H and O–H groups in total. The van der Waals surface area contributed by atoms with E-state index < -0.39 is 0 Å². The van der Waals surface area contributed by atoms with Crippen molar-refractivity contribution in [2.45, 2.75) is 30.2 Å². The van der Waals surface area contributed by atoms with Gasteiger partial charge in [-0.1, -0.05) is 53.0 Å². The van der Waals surface area contributed by atoms with Crippen molar-refractivity contribution in [1.82, 2.24) is 9.21 Å². The SMILES string of the molecule is Br.Clc1ccc(C2SN3CCN=C3N2C2(c3ccc(Cl)c(Cl)c3)CCC2)cc1. The van der Waals surface area contributed by atoms with Crippen molar-refractivity contribution in [1.29, 1.82) is 0 Å². The molecule has 148 valence electrons. The molecule has 8 heteroatoms. The molecule has 0 spiro atoms.